The fourth-order valence-corrected chi connectivity index (χ4v) is 3.38. The van der Waals surface area contributed by atoms with Gasteiger partial charge in [-0.15, -0.1) is 0 Å². The van der Waals surface area contributed by atoms with Crippen LogP contribution >= 0.6 is 0 Å². The van der Waals surface area contributed by atoms with Gasteiger partial charge in [0.2, 0.25) is 5.91 Å². The maximum atomic E-state index is 13.4. The summed E-state index contributed by atoms with van der Waals surface area (Å²) in [4.78, 5) is 14.2. The standard InChI is InChI=1S/C17H23FN2O2/c1-11(2)19-17(21)15-8-12-6-7-20(10-16(12)22-15)14-5-3-4-13(18)9-14/h3-5,9,11-12,15-16H,6-8,10H2,1-2H3,(H,19,21)/t12-,15+,16+/m1/s1. The molecule has 5 heteroatoms. The molecule has 0 saturated carbocycles. The van der Waals surface area contributed by atoms with E-state index in [0.29, 0.717) is 5.92 Å². The van der Waals surface area contributed by atoms with Crippen LogP contribution in [-0.2, 0) is 9.53 Å². The molecular weight excluding hydrogens is 283 g/mol. The number of ether oxygens (including phenoxy) is 1. The van der Waals surface area contributed by atoms with Crippen LogP contribution in [0.25, 0.3) is 0 Å². The Balaban J connectivity index is 1.63. The number of hydrogen-bond acceptors (Lipinski definition) is 3. The molecule has 2 saturated heterocycles. The summed E-state index contributed by atoms with van der Waals surface area (Å²) in [6, 6.07) is 6.78. The summed E-state index contributed by atoms with van der Waals surface area (Å²) in [6.07, 6.45) is 1.48. The first-order chi connectivity index (χ1) is 10.5. The van der Waals surface area contributed by atoms with Crippen LogP contribution in [0.3, 0.4) is 0 Å². The number of carbonyl (C=O) groups excluding carboxylic acids is 1. The zero-order chi connectivity index (χ0) is 15.7. The minimum Gasteiger partial charge on any atom is -0.369 e. The average molecular weight is 306 g/mol. The Bertz CT molecular complexity index is 549. The first kappa shape index (κ1) is 15.3. The van der Waals surface area contributed by atoms with Gasteiger partial charge in [-0.3, -0.25) is 4.79 Å². The zero-order valence-corrected chi connectivity index (χ0v) is 13.1. The molecule has 0 radical (unpaired) electrons. The molecule has 0 bridgehead atoms. The number of nitrogens with one attached hydrogen (secondary N) is 1. The van der Waals surface area contributed by atoms with E-state index in [1.54, 1.807) is 12.1 Å². The second-order valence-electron chi connectivity index (χ2n) is 6.54. The number of rotatable bonds is 3. The number of anilines is 1. The van der Waals surface area contributed by atoms with Crippen LogP contribution in [0.15, 0.2) is 24.3 Å². The minimum atomic E-state index is -0.343. The highest BCUT2D eigenvalue weighted by atomic mass is 19.1. The van der Waals surface area contributed by atoms with Gasteiger partial charge < -0.3 is 15.0 Å². The first-order valence-corrected chi connectivity index (χ1v) is 7.99. The summed E-state index contributed by atoms with van der Waals surface area (Å²) >= 11 is 0. The lowest BCUT2D eigenvalue weighted by atomic mass is 9.91. The van der Waals surface area contributed by atoms with Crippen molar-refractivity contribution in [1.82, 2.24) is 5.32 Å². The number of benzene rings is 1. The monoisotopic (exact) mass is 306 g/mol. The molecule has 3 rings (SSSR count). The van der Waals surface area contributed by atoms with Crippen LogP contribution in [0.4, 0.5) is 10.1 Å². The highest BCUT2D eigenvalue weighted by Crippen LogP contribution is 2.35. The quantitative estimate of drug-likeness (QED) is 0.932. The third-order valence-corrected chi connectivity index (χ3v) is 4.45. The Morgan fingerprint density at radius 2 is 2.27 bits per heavy atom. The van der Waals surface area contributed by atoms with Crippen molar-refractivity contribution < 1.29 is 13.9 Å². The lowest BCUT2D eigenvalue weighted by Gasteiger charge is -2.35. The molecule has 0 aromatic heterocycles. The predicted octanol–water partition coefficient (Wildman–Crippen LogP) is 2.33. The van der Waals surface area contributed by atoms with Crippen molar-refractivity contribution in [3.63, 3.8) is 0 Å². The number of fused-ring (bicyclic) bond motifs is 1. The smallest absolute Gasteiger partial charge is 0.249 e. The lowest BCUT2D eigenvalue weighted by Crippen LogP contribution is -2.43. The molecule has 2 heterocycles. The largest absolute Gasteiger partial charge is 0.369 e. The van der Waals surface area contributed by atoms with Gasteiger partial charge in [-0.05, 0) is 50.8 Å². The highest BCUT2D eigenvalue weighted by Gasteiger charge is 2.41. The Kier molecular flexibility index (Phi) is 4.34. The van der Waals surface area contributed by atoms with Gasteiger partial charge in [-0.2, -0.15) is 0 Å². The van der Waals surface area contributed by atoms with E-state index >= 15 is 0 Å². The first-order valence-electron chi connectivity index (χ1n) is 7.99. The van der Waals surface area contributed by atoms with E-state index in [1.165, 1.54) is 6.07 Å². The van der Waals surface area contributed by atoms with Gasteiger partial charge in [-0.25, -0.2) is 4.39 Å². The molecule has 0 unspecified atom stereocenters. The Hall–Kier alpha value is -1.62. The Morgan fingerprint density at radius 3 is 3.00 bits per heavy atom. The fourth-order valence-electron chi connectivity index (χ4n) is 3.38. The van der Waals surface area contributed by atoms with Crippen LogP contribution in [0, 0.1) is 11.7 Å². The van der Waals surface area contributed by atoms with E-state index in [-0.39, 0.29) is 30.0 Å². The van der Waals surface area contributed by atoms with Crippen molar-refractivity contribution in [3.05, 3.63) is 30.1 Å². The van der Waals surface area contributed by atoms with Gasteiger partial charge in [-0.1, -0.05) is 6.07 Å². The van der Waals surface area contributed by atoms with Gasteiger partial charge in [0.1, 0.15) is 11.9 Å². The highest BCUT2D eigenvalue weighted by molar-refractivity contribution is 5.81. The molecule has 2 fully saturated rings. The molecule has 120 valence electrons. The van der Waals surface area contributed by atoms with E-state index in [4.69, 9.17) is 4.74 Å². The van der Waals surface area contributed by atoms with Gasteiger partial charge in [0.05, 0.1) is 6.10 Å². The number of piperidine rings is 1. The predicted molar refractivity (Wildman–Crippen MR) is 83.3 cm³/mol. The van der Waals surface area contributed by atoms with Crippen molar-refractivity contribution in [1.29, 1.82) is 0 Å². The van der Waals surface area contributed by atoms with Crippen LogP contribution < -0.4 is 10.2 Å². The minimum absolute atomic E-state index is 0.0123. The SMILES string of the molecule is CC(C)NC(=O)[C@@H]1C[C@H]2CCN(c3cccc(F)c3)C[C@@H]2O1. The number of halogens is 1. The van der Waals surface area contributed by atoms with Gasteiger partial charge in [0.15, 0.2) is 0 Å². The van der Waals surface area contributed by atoms with E-state index in [0.717, 1.165) is 31.6 Å². The molecule has 22 heavy (non-hydrogen) atoms. The topological polar surface area (TPSA) is 41.6 Å². The number of hydrogen-bond donors (Lipinski definition) is 1. The number of nitrogens with zero attached hydrogens (tertiary/aromatic N) is 1. The van der Waals surface area contributed by atoms with Crippen molar-refractivity contribution >= 4 is 11.6 Å². The van der Waals surface area contributed by atoms with Gasteiger partial charge in [0.25, 0.3) is 0 Å². The number of carbonyl (C=O) groups is 1. The number of amides is 1. The molecule has 3 atom stereocenters. The molecule has 0 spiro atoms. The maximum absolute atomic E-state index is 13.4. The van der Waals surface area contributed by atoms with Crippen molar-refractivity contribution in [3.8, 4) is 0 Å². The lowest BCUT2D eigenvalue weighted by molar-refractivity contribution is -0.132. The third-order valence-electron chi connectivity index (χ3n) is 4.45. The third kappa shape index (κ3) is 3.24. The second-order valence-corrected chi connectivity index (χ2v) is 6.54. The average Bonchev–Trinajstić information content (AvgIpc) is 2.89. The Labute approximate surface area is 130 Å². The second kappa shape index (κ2) is 6.24. The molecule has 1 aromatic rings. The summed E-state index contributed by atoms with van der Waals surface area (Å²) in [5, 5.41) is 2.92. The Morgan fingerprint density at radius 1 is 1.45 bits per heavy atom. The van der Waals surface area contributed by atoms with Crippen molar-refractivity contribution in [2.24, 2.45) is 5.92 Å². The van der Waals surface area contributed by atoms with Crippen LogP contribution in [0.2, 0.25) is 0 Å². The molecule has 1 aromatic carbocycles. The van der Waals surface area contributed by atoms with Gasteiger partial charge >= 0.3 is 0 Å². The maximum Gasteiger partial charge on any atom is 0.249 e. The fraction of sp³-hybridized carbons (Fsp3) is 0.588. The normalized spacial score (nSPS) is 27.8. The van der Waals surface area contributed by atoms with Crippen LogP contribution in [0.5, 0.6) is 0 Å². The summed E-state index contributed by atoms with van der Waals surface area (Å²) in [7, 11) is 0. The van der Waals surface area contributed by atoms with E-state index < -0.39 is 0 Å². The van der Waals surface area contributed by atoms with Crippen LogP contribution in [-0.4, -0.2) is 37.2 Å². The molecular formula is C17H23FN2O2. The molecule has 1 amide bonds. The van der Waals surface area contributed by atoms with Gasteiger partial charge in [0, 0.05) is 24.8 Å². The molecule has 0 aliphatic carbocycles. The summed E-state index contributed by atoms with van der Waals surface area (Å²) in [5.74, 6) is 0.190. The van der Waals surface area contributed by atoms with Crippen molar-refractivity contribution in [2.45, 2.75) is 44.9 Å². The van der Waals surface area contributed by atoms with Crippen LogP contribution in [0.1, 0.15) is 26.7 Å². The van der Waals surface area contributed by atoms with E-state index in [9.17, 15) is 9.18 Å². The van der Waals surface area contributed by atoms with E-state index in [1.807, 2.05) is 19.9 Å². The summed E-state index contributed by atoms with van der Waals surface area (Å²) < 4.78 is 19.3. The molecule has 2 aliphatic heterocycles. The molecule has 4 nitrogen and oxygen atoms in total. The molecule has 1 N–H and O–H groups in total. The van der Waals surface area contributed by atoms with Crippen molar-refractivity contribution in [2.75, 3.05) is 18.0 Å². The summed E-state index contributed by atoms with van der Waals surface area (Å²) in [6.45, 7) is 5.50. The summed E-state index contributed by atoms with van der Waals surface area (Å²) in [5.41, 5.74) is 0.886. The zero-order valence-electron chi connectivity index (χ0n) is 13.1. The van der Waals surface area contributed by atoms with E-state index in [2.05, 4.69) is 10.2 Å². The molecule has 2 aliphatic rings.